The molecule has 0 rings (SSSR count). The quantitative estimate of drug-likeness (QED) is 0.137. The van der Waals surface area contributed by atoms with E-state index in [0.717, 1.165) is 25.7 Å². The van der Waals surface area contributed by atoms with Crippen molar-refractivity contribution in [3.05, 3.63) is 11.1 Å². The third kappa shape index (κ3) is 13.5. The van der Waals surface area contributed by atoms with Crippen molar-refractivity contribution in [2.45, 2.75) is 118 Å². The molecule has 0 spiro atoms. The smallest absolute Gasteiger partial charge is 0.334 e. The molecular formula is C25H46O4. The summed E-state index contributed by atoms with van der Waals surface area (Å²) in [7, 11) is 0. The van der Waals surface area contributed by atoms with Crippen LogP contribution in [-0.4, -0.2) is 25.2 Å². The molecule has 0 aliphatic heterocycles. The zero-order chi connectivity index (χ0) is 21.9. The average Bonchev–Trinajstić information content (AvgIpc) is 2.69. The number of esters is 2. The van der Waals surface area contributed by atoms with Crippen LogP contribution in [0.15, 0.2) is 11.1 Å². The predicted molar refractivity (Wildman–Crippen MR) is 121 cm³/mol. The number of unbranched alkanes of at least 4 members (excludes halogenated alkanes) is 10. The monoisotopic (exact) mass is 410 g/mol. The van der Waals surface area contributed by atoms with E-state index in [1.54, 1.807) is 0 Å². The summed E-state index contributed by atoms with van der Waals surface area (Å²) in [5, 5.41) is 0. The number of hydrogen-bond acceptors (Lipinski definition) is 4. The highest BCUT2D eigenvalue weighted by Crippen LogP contribution is 2.21. The Bertz CT molecular complexity index is 465. The molecule has 0 fully saturated rings. The minimum absolute atomic E-state index is 0.0661. The Kier molecular flexibility index (Phi) is 17.8. The molecule has 0 unspecified atom stereocenters. The lowest BCUT2D eigenvalue weighted by molar-refractivity contribution is -0.143. The number of carbonyl (C=O) groups excluding carboxylic acids is 2. The van der Waals surface area contributed by atoms with E-state index < -0.39 is 0 Å². The van der Waals surface area contributed by atoms with Gasteiger partial charge in [0.05, 0.1) is 18.8 Å². The van der Waals surface area contributed by atoms with Crippen molar-refractivity contribution in [1.29, 1.82) is 0 Å². The summed E-state index contributed by atoms with van der Waals surface area (Å²) in [6.07, 6.45) is 14.2. The molecule has 0 aromatic carbocycles. The first-order chi connectivity index (χ1) is 14.0. The van der Waals surface area contributed by atoms with Crippen molar-refractivity contribution in [2.24, 2.45) is 5.92 Å². The SMILES string of the molecule is CCCCCCCCOC(=O)C(CC)=C(C(=O)OCCCCCCCC)C(C)C. The Hall–Kier alpha value is -1.32. The molecule has 0 aliphatic rings. The third-order valence-corrected chi connectivity index (χ3v) is 5.18. The Labute approximate surface area is 179 Å². The van der Waals surface area contributed by atoms with Crippen LogP contribution < -0.4 is 0 Å². The van der Waals surface area contributed by atoms with Crippen LogP contribution in [0.25, 0.3) is 0 Å². The molecule has 29 heavy (non-hydrogen) atoms. The van der Waals surface area contributed by atoms with Gasteiger partial charge in [0.2, 0.25) is 0 Å². The Morgan fingerprint density at radius 1 is 0.621 bits per heavy atom. The predicted octanol–water partition coefficient (Wildman–Crippen LogP) is 7.16. The summed E-state index contributed by atoms with van der Waals surface area (Å²) in [5.41, 5.74) is 0.949. The maximum atomic E-state index is 12.6. The standard InChI is InChI=1S/C25H46O4/c1-6-9-11-13-15-17-19-28-24(26)22(8-3)23(21(4)5)25(27)29-20-18-16-14-12-10-7-2/h21H,6-20H2,1-5H3. The van der Waals surface area contributed by atoms with E-state index in [1.165, 1.54) is 51.4 Å². The summed E-state index contributed by atoms with van der Waals surface area (Å²) in [6, 6.07) is 0. The summed E-state index contributed by atoms with van der Waals surface area (Å²) in [5.74, 6) is -0.785. The maximum absolute atomic E-state index is 12.6. The van der Waals surface area contributed by atoms with Crippen LogP contribution in [0.5, 0.6) is 0 Å². The lowest BCUT2D eigenvalue weighted by Gasteiger charge is -2.16. The van der Waals surface area contributed by atoms with Gasteiger partial charge >= 0.3 is 11.9 Å². The van der Waals surface area contributed by atoms with E-state index in [0.29, 0.717) is 30.8 Å². The summed E-state index contributed by atoms with van der Waals surface area (Å²) >= 11 is 0. The molecule has 0 saturated carbocycles. The van der Waals surface area contributed by atoms with Crippen molar-refractivity contribution in [2.75, 3.05) is 13.2 Å². The molecule has 0 heterocycles. The van der Waals surface area contributed by atoms with Crippen LogP contribution >= 0.6 is 0 Å². The normalized spacial score (nSPS) is 12.1. The Morgan fingerprint density at radius 2 is 1.03 bits per heavy atom. The molecule has 0 aliphatic carbocycles. The third-order valence-electron chi connectivity index (χ3n) is 5.18. The van der Waals surface area contributed by atoms with Gasteiger partial charge in [-0.15, -0.1) is 0 Å². The number of ether oxygens (including phenoxy) is 2. The molecule has 4 heteroatoms. The first-order valence-corrected chi connectivity index (χ1v) is 12.1. The largest absolute Gasteiger partial charge is 0.462 e. The fraction of sp³-hybridized carbons (Fsp3) is 0.840. The Morgan fingerprint density at radius 3 is 1.45 bits per heavy atom. The fourth-order valence-electron chi connectivity index (χ4n) is 3.41. The van der Waals surface area contributed by atoms with Gasteiger partial charge in [0, 0.05) is 5.57 Å². The second-order valence-electron chi connectivity index (χ2n) is 8.21. The Balaban J connectivity index is 4.52. The number of rotatable bonds is 18. The molecule has 0 bridgehead atoms. The molecule has 4 nitrogen and oxygen atoms in total. The minimum atomic E-state index is -0.360. The van der Waals surface area contributed by atoms with Crippen LogP contribution in [0, 0.1) is 5.92 Å². The number of carbonyl (C=O) groups is 2. The van der Waals surface area contributed by atoms with E-state index in [9.17, 15) is 9.59 Å². The second kappa shape index (κ2) is 18.7. The van der Waals surface area contributed by atoms with Gasteiger partial charge in [-0.1, -0.05) is 98.8 Å². The van der Waals surface area contributed by atoms with E-state index in [4.69, 9.17) is 9.47 Å². The van der Waals surface area contributed by atoms with Crippen molar-refractivity contribution < 1.29 is 19.1 Å². The zero-order valence-corrected chi connectivity index (χ0v) is 19.8. The molecule has 0 N–H and O–H groups in total. The molecule has 0 amide bonds. The van der Waals surface area contributed by atoms with Crippen molar-refractivity contribution in [3.8, 4) is 0 Å². The summed E-state index contributed by atoms with van der Waals surface area (Å²) < 4.78 is 10.9. The molecular weight excluding hydrogens is 364 g/mol. The zero-order valence-electron chi connectivity index (χ0n) is 19.8. The van der Waals surface area contributed by atoms with Crippen LogP contribution in [0.1, 0.15) is 118 Å². The lowest BCUT2D eigenvalue weighted by Crippen LogP contribution is -2.20. The van der Waals surface area contributed by atoms with Crippen molar-refractivity contribution in [1.82, 2.24) is 0 Å². The molecule has 0 aromatic rings. The van der Waals surface area contributed by atoms with Gasteiger partial charge in [-0.3, -0.25) is 0 Å². The minimum Gasteiger partial charge on any atom is -0.462 e. The highest BCUT2D eigenvalue weighted by molar-refractivity contribution is 6.00. The van der Waals surface area contributed by atoms with Gasteiger partial charge in [0.25, 0.3) is 0 Å². The van der Waals surface area contributed by atoms with Gasteiger partial charge in [-0.2, -0.15) is 0 Å². The van der Waals surface area contributed by atoms with Gasteiger partial charge in [-0.05, 0) is 25.2 Å². The maximum Gasteiger partial charge on any atom is 0.334 e. The topological polar surface area (TPSA) is 52.6 Å². The van der Waals surface area contributed by atoms with Crippen LogP contribution in [-0.2, 0) is 19.1 Å². The molecule has 0 aromatic heterocycles. The first-order valence-electron chi connectivity index (χ1n) is 12.1. The van der Waals surface area contributed by atoms with Crippen molar-refractivity contribution >= 4 is 11.9 Å². The van der Waals surface area contributed by atoms with Crippen molar-refractivity contribution in [3.63, 3.8) is 0 Å². The summed E-state index contributed by atoms with van der Waals surface area (Å²) in [6.45, 7) is 11.0. The highest BCUT2D eigenvalue weighted by atomic mass is 16.5. The number of hydrogen-bond donors (Lipinski definition) is 0. The van der Waals surface area contributed by atoms with Gasteiger partial charge in [0.15, 0.2) is 0 Å². The van der Waals surface area contributed by atoms with Crippen LogP contribution in [0.3, 0.4) is 0 Å². The van der Waals surface area contributed by atoms with Gasteiger partial charge in [-0.25, -0.2) is 9.59 Å². The second-order valence-corrected chi connectivity index (χ2v) is 8.21. The van der Waals surface area contributed by atoms with E-state index in [2.05, 4.69) is 13.8 Å². The fourth-order valence-corrected chi connectivity index (χ4v) is 3.41. The van der Waals surface area contributed by atoms with Crippen LogP contribution in [0.2, 0.25) is 0 Å². The molecule has 0 radical (unpaired) electrons. The summed E-state index contributed by atoms with van der Waals surface area (Å²) in [4.78, 5) is 25.2. The average molecular weight is 411 g/mol. The van der Waals surface area contributed by atoms with E-state index >= 15 is 0 Å². The first kappa shape index (κ1) is 27.7. The molecule has 0 atom stereocenters. The molecule has 170 valence electrons. The van der Waals surface area contributed by atoms with Gasteiger partial charge in [0.1, 0.15) is 0 Å². The van der Waals surface area contributed by atoms with Gasteiger partial charge < -0.3 is 9.47 Å². The highest BCUT2D eigenvalue weighted by Gasteiger charge is 2.24. The van der Waals surface area contributed by atoms with E-state index in [-0.39, 0.29) is 17.9 Å². The lowest BCUT2D eigenvalue weighted by atomic mass is 9.95. The van der Waals surface area contributed by atoms with Crippen LogP contribution in [0.4, 0.5) is 0 Å². The molecule has 0 saturated heterocycles. The van der Waals surface area contributed by atoms with E-state index in [1.807, 2.05) is 20.8 Å².